The first kappa shape index (κ1) is 20.0. The predicted molar refractivity (Wildman–Crippen MR) is 87.0 cm³/mol. The van der Waals surface area contributed by atoms with Crippen LogP contribution in [0.5, 0.6) is 5.75 Å². The number of hydrogen-bond donors (Lipinski definition) is 0. The van der Waals surface area contributed by atoms with Gasteiger partial charge in [-0.3, -0.25) is 0 Å². The number of benzene rings is 1. The third-order valence-corrected chi connectivity index (χ3v) is 4.40. The van der Waals surface area contributed by atoms with E-state index in [0.29, 0.717) is 17.7 Å². The Bertz CT molecular complexity index is 801. The molecule has 0 aliphatic rings. The molecule has 0 unspecified atom stereocenters. The lowest BCUT2D eigenvalue weighted by atomic mass is 10.1. The van der Waals surface area contributed by atoms with Gasteiger partial charge in [-0.1, -0.05) is 6.92 Å². The second-order valence-electron chi connectivity index (χ2n) is 5.10. The van der Waals surface area contributed by atoms with Gasteiger partial charge in [-0.25, -0.2) is 4.98 Å². The second-order valence-corrected chi connectivity index (χ2v) is 6.18. The Kier molecular flexibility index (Phi) is 6.42. The van der Waals surface area contributed by atoms with Gasteiger partial charge in [0.25, 0.3) is 0 Å². The van der Waals surface area contributed by atoms with Crippen LogP contribution in [0, 0.1) is 11.3 Å². The molecule has 138 valence electrons. The molecule has 0 spiro atoms. The van der Waals surface area contributed by atoms with Crippen molar-refractivity contribution in [2.75, 3.05) is 5.75 Å². The number of halogens is 5. The fourth-order valence-electron chi connectivity index (χ4n) is 2.11. The number of thioether (sulfide) groups is 1. The summed E-state index contributed by atoms with van der Waals surface area (Å²) in [6.07, 6.45) is -4.02. The van der Waals surface area contributed by atoms with Crippen molar-refractivity contribution in [2.24, 2.45) is 0 Å². The van der Waals surface area contributed by atoms with Crippen LogP contribution in [0.2, 0.25) is 0 Å². The van der Waals surface area contributed by atoms with E-state index in [1.807, 2.05) is 6.92 Å². The zero-order valence-corrected chi connectivity index (χ0v) is 14.3. The number of nitrogens with zero attached hydrogens (tertiary/aromatic N) is 2. The van der Waals surface area contributed by atoms with E-state index in [4.69, 9.17) is 5.26 Å². The Hall–Kier alpha value is -2.34. The topological polar surface area (TPSA) is 45.9 Å². The first-order valence-corrected chi connectivity index (χ1v) is 8.45. The van der Waals surface area contributed by atoms with Crippen LogP contribution < -0.4 is 4.74 Å². The van der Waals surface area contributed by atoms with Gasteiger partial charge in [0.15, 0.2) is 0 Å². The SMILES string of the molecule is CCCSc1nc(-c2ccc(OC(F)F)cc2)cc(C(F)(F)F)c1C#N. The van der Waals surface area contributed by atoms with Crippen molar-refractivity contribution in [3.05, 3.63) is 41.5 Å². The molecule has 0 aliphatic heterocycles. The molecule has 1 heterocycles. The molecule has 9 heteroatoms. The highest BCUT2D eigenvalue weighted by Crippen LogP contribution is 2.38. The van der Waals surface area contributed by atoms with Crippen LogP contribution in [-0.2, 0) is 6.18 Å². The van der Waals surface area contributed by atoms with E-state index in [9.17, 15) is 22.0 Å². The van der Waals surface area contributed by atoms with Crippen molar-refractivity contribution >= 4 is 11.8 Å². The highest BCUT2D eigenvalue weighted by atomic mass is 32.2. The zero-order valence-electron chi connectivity index (χ0n) is 13.5. The van der Waals surface area contributed by atoms with E-state index >= 15 is 0 Å². The maximum absolute atomic E-state index is 13.3. The van der Waals surface area contributed by atoms with Gasteiger partial charge < -0.3 is 4.74 Å². The Labute approximate surface area is 150 Å². The van der Waals surface area contributed by atoms with Crippen LogP contribution in [0.15, 0.2) is 35.4 Å². The van der Waals surface area contributed by atoms with Gasteiger partial charge in [0.1, 0.15) is 16.8 Å². The van der Waals surface area contributed by atoms with Crippen molar-refractivity contribution in [3.63, 3.8) is 0 Å². The van der Waals surface area contributed by atoms with Gasteiger partial charge in [-0.15, -0.1) is 11.8 Å². The van der Waals surface area contributed by atoms with Crippen LogP contribution >= 0.6 is 11.8 Å². The quantitative estimate of drug-likeness (QED) is 0.467. The van der Waals surface area contributed by atoms with Gasteiger partial charge in [0.05, 0.1) is 16.8 Å². The van der Waals surface area contributed by atoms with Crippen LogP contribution in [0.25, 0.3) is 11.3 Å². The summed E-state index contributed by atoms with van der Waals surface area (Å²) in [7, 11) is 0. The van der Waals surface area contributed by atoms with Crippen LogP contribution in [-0.4, -0.2) is 17.3 Å². The molecule has 0 atom stereocenters. The summed E-state index contributed by atoms with van der Waals surface area (Å²) in [6, 6.07) is 7.47. The summed E-state index contributed by atoms with van der Waals surface area (Å²) in [5.41, 5.74) is -1.30. The fourth-order valence-corrected chi connectivity index (χ4v) is 2.97. The Morgan fingerprint density at radius 1 is 1.23 bits per heavy atom. The van der Waals surface area contributed by atoms with Gasteiger partial charge in [-0.2, -0.15) is 27.2 Å². The maximum Gasteiger partial charge on any atom is 0.417 e. The molecule has 3 nitrogen and oxygen atoms in total. The van der Waals surface area contributed by atoms with Crippen molar-refractivity contribution in [3.8, 4) is 23.1 Å². The average molecular weight is 388 g/mol. The molecule has 1 aromatic heterocycles. The molecule has 26 heavy (non-hydrogen) atoms. The number of ether oxygens (including phenoxy) is 1. The fraction of sp³-hybridized carbons (Fsp3) is 0.294. The van der Waals surface area contributed by atoms with E-state index < -0.39 is 23.9 Å². The molecule has 2 aromatic rings. The van der Waals surface area contributed by atoms with E-state index in [1.54, 1.807) is 6.07 Å². The number of pyridine rings is 1. The monoisotopic (exact) mass is 388 g/mol. The lowest BCUT2D eigenvalue weighted by Crippen LogP contribution is -2.10. The van der Waals surface area contributed by atoms with Gasteiger partial charge >= 0.3 is 12.8 Å². The van der Waals surface area contributed by atoms with Crippen molar-refractivity contribution < 1.29 is 26.7 Å². The van der Waals surface area contributed by atoms with E-state index in [0.717, 1.165) is 17.8 Å². The molecule has 0 bridgehead atoms. The Morgan fingerprint density at radius 2 is 1.88 bits per heavy atom. The minimum atomic E-state index is -4.72. The summed E-state index contributed by atoms with van der Waals surface area (Å²) < 4.78 is 68.6. The lowest BCUT2D eigenvalue weighted by Gasteiger charge is -2.14. The summed E-state index contributed by atoms with van der Waals surface area (Å²) in [6.45, 7) is -1.14. The highest BCUT2D eigenvalue weighted by molar-refractivity contribution is 7.99. The standard InChI is InChI=1S/C17H13F5N2OS/c1-2-7-26-15-12(9-23)13(17(20,21)22)8-14(24-15)10-3-5-11(6-4-10)25-16(18)19/h3-6,8,16H,2,7H2,1H3. The molecule has 0 fully saturated rings. The first-order valence-electron chi connectivity index (χ1n) is 7.46. The predicted octanol–water partition coefficient (Wildman–Crippen LogP) is 5.74. The molecule has 0 amide bonds. The van der Waals surface area contributed by atoms with Gasteiger partial charge in [0, 0.05) is 5.56 Å². The third-order valence-electron chi connectivity index (χ3n) is 3.22. The van der Waals surface area contributed by atoms with Crippen molar-refractivity contribution in [1.29, 1.82) is 5.26 Å². The first-order chi connectivity index (χ1) is 12.3. The molecule has 0 saturated heterocycles. The van der Waals surface area contributed by atoms with E-state index in [2.05, 4.69) is 9.72 Å². The highest BCUT2D eigenvalue weighted by Gasteiger charge is 2.36. The van der Waals surface area contributed by atoms with Crippen LogP contribution in [0.4, 0.5) is 22.0 Å². The molecule has 0 N–H and O–H groups in total. The molecule has 0 radical (unpaired) electrons. The average Bonchev–Trinajstić information content (AvgIpc) is 2.58. The van der Waals surface area contributed by atoms with Crippen molar-refractivity contribution in [2.45, 2.75) is 31.2 Å². The number of aromatic nitrogens is 1. The summed E-state index contributed by atoms with van der Waals surface area (Å²) in [5.74, 6) is 0.387. The van der Waals surface area contributed by atoms with E-state index in [-0.39, 0.29) is 16.5 Å². The molecular formula is C17H13F5N2OS. The summed E-state index contributed by atoms with van der Waals surface area (Å²) in [5, 5.41) is 9.15. The smallest absolute Gasteiger partial charge is 0.417 e. The number of alkyl halides is 5. The molecular weight excluding hydrogens is 375 g/mol. The van der Waals surface area contributed by atoms with Crippen LogP contribution in [0.1, 0.15) is 24.5 Å². The molecule has 0 aliphatic carbocycles. The van der Waals surface area contributed by atoms with Crippen LogP contribution in [0.3, 0.4) is 0 Å². The largest absolute Gasteiger partial charge is 0.435 e. The minimum Gasteiger partial charge on any atom is -0.435 e. The summed E-state index contributed by atoms with van der Waals surface area (Å²) >= 11 is 1.06. The lowest BCUT2D eigenvalue weighted by molar-refractivity contribution is -0.138. The zero-order chi connectivity index (χ0) is 19.3. The number of hydrogen-bond acceptors (Lipinski definition) is 4. The molecule has 2 rings (SSSR count). The molecule has 1 aromatic carbocycles. The van der Waals surface area contributed by atoms with Crippen molar-refractivity contribution in [1.82, 2.24) is 4.98 Å². The Morgan fingerprint density at radius 3 is 2.38 bits per heavy atom. The third kappa shape index (κ3) is 4.85. The normalized spacial score (nSPS) is 11.5. The molecule has 0 saturated carbocycles. The number of rotatable bonds is 6. The maximum atomic E-state index is 13.3. The number of nitriles is 1. The van der Waals surface area contributed by atoms with Gasteiger partial charge in [-0.05, 0) is 42.5 Å². The second kappa shape index (κ2) is 8.36. The summed E-state index contributed by atoms with van der Waals surface area (Å²) in [4.78, 5) is 4.17. The van der Waals surface area contributed by atoms with E-state index in [1.165, 1.54) is 24.3 Å². The Balaban J connectivity index is 2.53. The minimum absolute atomic E-state index is 0.00137. The van der Waals surface area contributed by atoms with Gasteiger partial charge in [0.2, 0.25) is 0 Å².